The van der Waals surface area contributed by atoms with E-state index in [2.05, 4.69) is 5.43 Å². The van der Waals surface area contributed by atoms with Crippen LogP contribution in [-0.2, 0) is 11.2 Å². The van der Waals surface area contributed by atoms with E-state index in [9.17, 15) is 19.3 Å². The Hall–Kier alpha value is -2.02. The van der Waals surface area contributed by atoms with Crippen LogP contribution in [0.3, 0.4) is 0 Å². The quantitative estimate of drug-likeness (QED) is 0.627. The summed E-state index contributed by atoms with van der Waals surface area (Å²) in [5.74, 6) is -1.07. The fourth-order valence-electron chi connectivity index (χ4n) is 1.27. The van der Waals surface area contributed by atoms with Crippen molar-refractivity contribution in [2.75, 3.05) is 14.1 Å². The molecule has 6 nitrogen and oxygen atoms in total. The van der Waals surface area contributed by atoms with E-state index in [1.54, 1.807) is 14.1 Å². The van der Waals surface area contributed by atoms with Crippen LogP contribution in [0.25, 0.3) is 0 Å². The number of carbonyl (C=O) groups excluding carboxylic acids is 1. The Morgan fingerprint density at radius 2 is 2.18 bits per heavy atom. The number of nitrogens with zero attached hydrogens (tertiary/aromatic N) is 2. The van der Waals surface area contributed by atoms with Gasteiger partial charge in [-0.3, -0.25) is 20.3 Å². The zero-order chi connectivity index (χ0) is 13.0. The molecular weight excluding hydrogens is 229 g/mol. The van der Waals surface area contributed by atoms with E-state index in [0.29, 0.717) is 0 Å². The Bertz CT molecular complexity index is 448. The van der Waals surface area contributed by atoms with Gasteiger partial charge in [0.25, 0.3) is 5.69 Å². The summed E-state index contributed by atoms with van der Waals surface area (Å²) in [6, 6.07) is 3.10. The lowest BCUT2D eigenvalue weighted by Gasteiger charge is -2.11. The SMILES string of the molecule is CN(C)NC(=O)Cc1cc([N+](=O)[O-])ccc1F. The summed E-state index contributed by atoms with van der Waals surface area (Å²) < 4.78 is 13.3. The number of hydrogen-bond acceptors (Lipinski definition) is 4. The summed E-state index contributed by atoms with van der Waals surface area (Å²) in [4.78, 5) is 21.2. The molecule has 17 heavy (non-hydrogen) atoms. The van der Waals surface area contributed by atoms with E-state index in [1.807, 2.05) is 0 Å². The Labute approximate surface area is 97.2 Å². The number of nitro groups is 1. The van der Waals surface area contributed by atoms with Crippen molar-refractivity contribution >= 4 is 11.6 Å². The van der Waals surface area contributed by atoms with Gasteiger partial charge >= 0.3 is 0 Å². The fraction of sp³-hybridized carbons (Fsp3) is 0.300. The van der Waals surface area contributed by atoms with Gasteiger partial charge in [0.2, 0.25) is 5.91 Å². The number of nitrogens with one attached hydrogen (secondary N) is 1. The van der Waals surface area contributed by atoms with Gasteiger partial charge in [-0.1, -0.05) is 0 Å². The fourth-order valence-corrected chi connectivity index (χ4v) is 1.27. The second-order valence-corrected chi connectivity index (χ2v) is 3.64. The molecule has 0 spiro atoms. The molecule has 1 amide bonds. The van der Waals surface area contributed by atoms with Gasteiger partial charge in [0, 0.05) is 31.8 Å². The lowest BCUT2D eigenvalue weighted by atomic mass is 10.1. The Balaban J connectivity index is 2.86. The van der Waals surface area contributed by atoms with Gasteiger partial charge < -0.3 is 0 Å². The van der Waals surface area contributed by atoms with Crippen molar-refractivity contribution in [3.8, 4) is 0 Å². The van der Waals surface area contributed by atoms with Gasteiger partial charge in [0.1, 0.15) is 5.82 Å². The first-order chi connectivity index (χ1) is 7.90. The summed E-state index contributed by atoms with van der Waals surface area (Å²) in [6.45, 7) is 0. The number of halogens is 1. The Morgan fingerprint density at radius 3 is 2.71 bits per heavy atom. The molecule has 0 bridgehead atoms. The van der Waals surface area contributed by atoms with Crippen LogP contribution < -0.4 is 5.43 Å². The van der Waals surface area contributed by atoms with Crippen LogP contribution >= 0.6 is 0 Å². The standard InChI is InChI=1S/C10H12FN3O3/c1-13(2)12-10(15)6-7-5-8(14(16)17)3-4-9(7)11/h3-5H,6H2,1-2H3,(H,12,15). The zero-order valence-electron chi connectivity index (χ0n) is 9.44. The van der Waals surface area contributed by atoms with Gasteiger partial charge in [-0.25, -0.2) is 9.40 Å². The molecule has 1 N–H and O–H groups in total. The predicted octanol–water partition coefficient (Wildman–Crippen LogP) is 0.869. The lowest BCUT2D eigenvalue weighted by molar-refractivity contribution is -0.385. The largest absolute Gasteiger partial charge is 0.289 e. The minimum atomic E-state index is -0.635. The van der Waals surface area contributed by atoms with Crippen LogP contribution in [0.2, 0.25) is 0 Å². The Kier molecular flexibility index (Phi) is 4.11. The number of hydrazine groups is 1. The number of hydrogen-bond donors (Lipinski definition) is 1. The minimum absolute atomic E-state index is 0.00134. The van der Waals surface area contributed by atoms with Crippen LogP contribution in [0.5, 0.6) is 0 Å². The highest BCUT2D eigenvalue weighted by atomic mass is 19.1. The molecule has 0 aliphatic rings. The molecule has 0 heterocycles. The first kappa shape index (κ1) is 13.0. The van der Waals surface area contributed by atoms with Crippen molar-refractivity contribution in [1.82, 2.24) is 10.4 Å². The maximum absolute atomic E-state index is 13.3. The maximum atomic E-state index is 13.3. The molecule has 0 fully saturated rings. The van der Waals surface area contributed by atoms with Crippen LogP contribution in [0, 0.1) is 15.9 Å². The third kappa shape index (κ3) is 3.80. The molecule has 92 valence electrons. The average Bonchev–Trinajstić information content (AvgIpc) is 2.19. The van der Waals surface area contributed by atoms with Gasteiger partial charge in [-0.2, -0.15) is 0 Å². The molecule has 0 aromatic heterocycles. The summed E-state index contributed by atoms with van der Waals surface area (Å²) >= 11 is 0. The number of amides is 1. The summed E-state index contributed by atoms with van der Waals surface area (Å²) in [5, 5.41) is 11.9. The summed E-state index contributed by atoms with van der Waals surface area (Å²) in [5.41, 5.74) is 2.19. The van der Waals surface area contributed by atoms with Crippen molar-refractivity contribution in [1.29, 1.82) is 0 Å². The minimum Gasteiger partial charge on any atom is -0.289 e. The molecule has 0 unspecified atom stereocenters. The van der Waals surface area contributed by atoms with Gasteiger partial charge in [0.05, 0.1) is 11.3 Å². The van der Waals surface area contributed by atoms with Gasteiger partial charge in [0.15, 0.2) is 0 Å². The van der Waals surface area contributed by atoms with Crippen LogP contribution in [-0.4, -0.2) is 29.9 Å². The van der Waals surface area contributed by atoms with E-state index < -0.39 is 16.6 Å². The molecule has 1 aromatic carbocycles. The smallest absolute Gasteiger partial charge is 0.269 e. The average molecular weight is 241 g/mol. The number of benzene rings is 1. The first-order valence-corrected chi connectivity index (χ1v) is 4.80. The molecule has 7 heteroatoms. The second kappa shape index (κ2) is 5.35. The van der Waals surface area contributed by atoms with Crippen LogP contribution in [0.4, 0.5) is 10.1 Å². The van der Waals surface area contributed by atoms with Crippen LogP contribution in [0.15, 0.2) is 18.2 Å². The molecule has 0 radical (unpaired) electrons. The second-order valence-electron chi connectivity index (χ2n) is 3.64. The van der Waals surface area contributed by atoms with Crippen molar-refractivity contribution in [2.45, 2.75) is 6.42 Å². The normalized spacial score (nSPS) is 10.4. The van der Waals surface area contributed by atoms with Gasteiger partial charge in [-0.05, 0) is 6.07 Å². The highest BCUT2D eigenvalue weighted by molar-refractivity contribution is 5.78. The molecule has 0 saturated carbocycles. The van der Waals surface area contributed by atoms with Crippen molar-refractivity contribution < 1.29 is 14.1 Å². The molecule has 0 atom stereocenters. The van der Waals surface area contributed by atoms with Crippen molar-refractivity contribution in [3.05, 3.63) is 39.7 Å². The highest BCUT2D eigenvalue weighted by Gasteiger charge is 2.13. The molecule has 1 rings (SSSR count). The first-order valence-electron chi connectivity index (χ1n) is 4.80. The van der Waals surface area contributed by atoms with E-state index in [1.165, 1.54) is 5.01 Å². The molecule has 0 saturated heterocycles. The topological polar surface area (TPSA) is 75.5 Å². The third-order valence-corrected chi connectivity index (χ3v) is 1.94. The maximum Gasteiger partial charge on any atom is 0.269 e. The van der Waals surface area contributed by atoms with Crippen LogP contribution in [0.1, 0.15) is 5.56 Å². The summed E-state index contributed by atoms with van der Waals surface area (Å²) in [6.07, 6.45) is -0.244. The molecule has 0 aliphatic carbocycles. The number of rotatable bonds is 4. The van der Waals surface area contributed by atoms with Crippen molar-refractivity contribution in [3.63, 3.8) is 0 Å². The third-order valence-electron chi connectivity index (χ3n) is 1.94. The lowest BCUT2D eigenvalue weighted by Crippen LogP contribution is -2.37. The predicted molar refractivity (Wildman–Crippen MR) is 58.6 cm³/mol. The number of carbonyl (C=O) groups is 1. The monoisotopic (exact) mass is 241 g/mol. The van der Waals surface area contributed by atoms with E-state index in [4.69, 9.17) is 0 Å². The van der Waals surface area contributed by atoms with E-state index in [0.717, 1.165) is 18.2 Å². The summed E-state index contributed by atoms with van der Waals surface area (Å²) in [7, 11) is 3.23. The van der Waals surface area contributed by atoms with E-state index >= 15 is 0 Å². The van der Waals surface area contributed by atoms with Gasteiger partial charge in [-0.15, -0.1) is 0 Å². The number of non-ortho nitro benzene ring substituents is 1. The molecule has 1 aromatic rings. The van der Waals surface area contributed by atoms with Crippen molar-refractivity contribution in [2.24, 2.45) is 0 Å². The van der Waals surface area contributed by atoms with E-state index in [-0.39, 0.29) is 17.7 Å². The molecule has 0 aliphatic heterocycles. The highest BCUT2D eigenvalue weighted by Crippen LogP contribution is 2.17. The Morgan fingerprint density at radius 1 is 1.53 bits per heavy atom. The molecular formula is C10H12FN3O3. The number of nitro benzene ring substituents is 1. The zero-order valence-corrected chi connectivity index (χ0v) is 9.44.